The fraction of sp³-hybridized carbons (Fsp3) is 0.389. The van der Waals surface area contributed by atoms with Crippen LogP contribution in [-0.4, -0.2) is 53.6 Å². The van der Waals surface area contributed by atoms with Gasteiger partial charge in [0.2, 0.25) is 0 Å². The zero-order valence-electron chi connectivity index (χ0n) is 14.1. The first-order valence-electron chi connectivity index (χ1n) is 8.34. The maximum Gasteiger partial charge on any atom is 0.411 e. The summed E-state index contributed by atoms with van der Waals surface area (Å²) in [6.45, 7) is 0.194. The van der Waals surface area contributed by atoms with E-state index < -0.39 is 18.1 Å². The number of methoxy groups -OCH3 is 1. The van der Waals surface area contributed by atoms with Crippen LogP contribution >= 0.6 is 11.6 Å². The molecule has 4 rings (SSSR count). The topological polar surface area (TPSA) is 76.1 Å². The van der Waals surface area contributed by atoms with Crippen molar-refractivity contribution in [2.45, 2.75) is 31.0 Å². The van der Waals surface area contributed by atoms with Crippen LogP contribution in [-0.2, 0) is 19.1 Å². The fourth-order valence-electron chi connectivity index (χ4n) is 3.90. The Bertz CT molecular complexity index is 809. The number of carbonyl (C=O) groups is 3. The highest BCUT2D eigenvalue weighted by molar-refractivity contribution is 6.32. The van der Waals surface area contributed by atoms with Crippen molar-refractivity contribution in [2.75, 3.05) is 13.7 Å². The van der Waals surface area contributed by atoms with Crippen molar-refractivity contribution in [3.63, 3.8) is 0 Å². The largest absolute Gasteiger partial charge is 0.464 e. The molecule has 2 amide bonds. The summed E-state index contributed by atoms with van der Waals surface area (Å²) in [5.41, 5.74) is 0.984. The molecule has 0 N–H and O–H groups in total. The van der Waals surface area contributed by atoms with Crippen molar-refractivity contribution < 1.29 is 23.9 Å². The highest BCUT2D eigenvalue weighted by Gasteiger charge is 2.59. The number of nitrogens with zero attached hydrogens (tertiary/aromatic N) is 2. The number of ether oxygens (including phenoxy) is 2. The van der Waals surface area contributed by atoms with E-state index in [1.165, 1.54) is 16.9 Å². The first-order valence-corrected chi connectivity index (χ1v) is 8.72. The number of rotatable bonds is 3. The lowest BCUT2D eigenvalue weighted by Crippen LogP contribution is -2.71. The minimum Gasteiger partial charge on any atom is -0.464 e. The molecule has 136 valence electrons. The van der Waals surface area contributed by atoms with Crippen molar-refractivity contribution in [3.8, 4) is 0 Å². The number of allylic oxidation sites excluding steroid dienone is 1. The van der Waals surface area contributed by atoms with Gasteiger partial charge in [-0.25, -0.2) is 9.59 Å². The molecule has 3 heterocycles. The Hall–Kier alpha value is -2.54. The number of fused-ring (bicyclic) bond motifs is 1. The van der Waals surface area contributed by atoms with Gasteiger partial charge >= 0.3 is 12.1 Å². The Morgan fingerprint density at radius 2 is 2.00 bits per heavy atom. The number of esters is 1. The predicted octanol–water partition coefficient (Wildman–Crippen LogP) is 2.18. The van der Waals surface area contributed by atoms with Crippen LogP contribution in [0.2, 0.25) is 0 Å². The van der Waals surface area contributed by atoms with Crippen LogP contribution in [0.4, 0.5) is 4.79 Å². The first-order chi connectivity index (χ1) is 12.5. The second-order valence-electron chi connectivity index (χ2n) is 6.41. The quantitative estimate of drug-likeness (QED) is 0.597. The summed E-state index contributed by atoms with van der Waals surface area (Å²) in [4.78, 5) is 40.1. The van der Waals surface area contributed by atoms with Gasteiger partial charge < -0.3 is 9.47 Å². The molecule has 8 heteroatoms. The van der Waals surface area contributed by atoms with Gasteiger partial charge in [-0.3, -0.25) is 14.6 Å². The monoisotopic (exact) mass is 376 g/mol. The molecule has 2 saturated heterocycles. The third-order valence-electron chi connectivity index (χ3n) is 5.12. The van der Waals surface area contributed by atoms with Crippen molar-refractivity contribution in [1.82, 2.24) is 9.80 Å². The van der Waals surface area contributed by atoms with E-state index >= 15 is 0 Å². The molecule has 2 fully saturated rings. The van der Waals surface area contributed by atoms with Crippen molar-refractivity contribution >= 4 is 29.6 Å². The predicted molar refractivity (Wildman–Crippen MR) is 90.9 cm³/mol. The highest BCUT2D eigenvalue weighted by Crippen LogP contribution is 2.44. The molecule has 1 aromatic carbocycles. The summed E-state index contributed by atoms with van der Waals surface area (Å²) in [7, 11) is 1.24. The summed E-state index contributed by atoms with van der Waals surface area (Å²) in [5.74, 6) is -0.983. The Morgan fingerprint density at radius 3 is 2.69 bits per heavy atom. The van der Waals surface area contributed by atoms with E-state index in [4.69, 9.17) is 21.1 Å². The molecule has 0 aliphatic carbocycles. The van der Waals surface area contributed by atoms with E-state index in [-0.39, 0.29) is 30.3 Å². The number of halogens is 1. The molecule has 3 atom stereocenters. The van der Waals surface area contributed by atoms with Gasteiger partial charge in [0.1, 0.15) is 18.3 Å². The number of hydrogen-bond donors (Lipinski definition) is 0. The first kappa shape index (κ1) is 16.9. The SMILES string of the molecule is COC(=O)C1=C(Cl)CC[C@@H]2[C@H](N3C(=O)OC[C@@H]3c3ccccc3)C(=O)N12. The second kappa shape index (κ2) is 6.32. The third kappa shape index (κ3) is 2.38. The van der Waals surface area contributed by atoms with Crippen molar-refractivity contribution in [2.24, 2.45) is 0 Å². The van der Waals surface area contributed by atoms with Gasteiger partial charge in [-0.2, -0.15) is 0 Å². The summed E-state index contributed by atoms with van der Waals surface area (Å²) >= 11 is 6.16. The molecule has 1 aromatic rings. The van der Waals surface area contributed by atoms with E-state index in [9.17, 15) is 14.4 Å². The lowest BCUT2D eigenvalue weighted by Gasteiger charge is -2.52. The molecule has 26 heavy (non-hydrogen) atoms. The van der Waals surface area contributed by atoms with Gasteiger partial charge in [-0.1, -0.05) is 41.9 Å². The van der Waals surface area contributed by atoms with Gasteiger partial charge in [-0.05, 0) is 18.4 Å². The van der Waals surface area contributed by atoms with Gasteiger partial charge in [-0.15, -0.1) is 0 Å². The fourth-order valence-corrected chi connectivity index (χ4v) is 4.18. The molecule has 3 aliphatic heterocycles. The van der Waals surface area contributed by atoms with Crippen molar-refractivity contribution in [1.29, 1.82) is 0 Å². The van der Waals surface area contributed by atoms with E-state index in [0.717, 1.165) is 5.56 Å². The Morgan fingerprint density at radius 1 is 1.27 bits per heavy atom. The minimum absolute atomic E-state index is 0.0792. The third-order valence-corrected chi connectivity index (χ3v) is 5.49. The van der Waals surface area contributed by atoms with Gasteiger partial charge in [0.15, 0.2) is 0 Å². The van der Waals surface area contributed by atoms with E-state index in [1.807, 2.05) is 30.3 Å². The van der Waals surface area contributed by atoms with Crippen LogP contribution in [0.25, 0.3) is 0 Å². The smallest absolute Gasteiger partial charge is 0.411 e. The Kier molecular flexibility index (Phi) is 4.11. The zero-order chi connectivity index (χ0) is 18.4. The molecule has 0 aromatic heterocycles. The van der Waals surface area contributed by atoms with Crippen molar-refractivity contribution in [3.05, 3.63) is 46.6 Å². The number of amides is 2. The molecule has 0 spiro atoms. The van der Waals surface area contributed by atoms with Crippen LogP contribution in [0.3, 0.4) is 0 Å². The molecular weight excluding hydrogens is 360 g/mol. The lowest BCUT2D eigenvalue weighted by molar-refractivity contribution is -0.160. The van der Waals surface area contributed by atoms with Gasteiger partial charge in [0.25, 0.3) is 5.91 Å². The number of β-lactam (4-membered cyclic amide) rings is 1. The van der Waals surface area contributed by atoms with Crippen LogP contribution in [0.5, 0.6) is 0 Å². The number of hydrogen-bond acceptors (Lipinski definition) is 5. The molecule has 0 bridgehead atoms. The standard InChI is InChI=1S/C18H17ClN2O5/c1-25-17(23)14-11(19)7-8-12-15(16(22)20(12)14)21-13(9-26-18(21)24)10-5-3-2-4-6-10/h2-6,12-13,15H,7-9H2,1H3/t12-,13-,15+/m1/s1. The molecule has 0 unspecified atom stereocenters. The number of carbonyl (C=O) groups excluding carboxylic acids is 3. The molecule has 3 aliphatic rings. The summed E-state index contributed by atoms with van der Waals surface area (Å²) in [6, 6.07) is 8.14. The highest BCUT2D eigenvalue weighted by atomic mass is 35.5. The zero-order valence-corrected chi connectivity index (χ0v) is 14.8. The average Bonchev–Trinajstić information content (AvgIpc) is 3.03. The van der Waals surface area contributed by atoms with Crippen LogP contribution < -0.4 is 0 Å². The minimum atomic E-state index is -0.667. The number of cyclic esters (lactones) is 1. The second-order valence-corrected chi connectivity index (χ2v) is 6.87. The Labute approximate surface area is 155 Å². The van der Waals surface area contributed by atoms with Gasteiger partial charge in [0.05, 0.1) is 19.2 Å². The lowest BCUT2D eigenvalue weighted by atomic mass is 9.84. The summed E-state index contributed by atoms with van der Waals surface area (Å²) in [5, 5.41) is 0.309. The summed E-state index contributed by atoms with van der Waals surface area (Å²) < 4.78 is 9.97. The van der Waals surface area contributed by atoms with Crippen LogP contribution in [0.1, 0.15) is 24.4 Å². The normalized spacial score (nSPS) is 27.8. The maximum absolute atomic E-state index is 12.9. The molecule has 0 saturated carbocycles. The van der Waals surface area contributed by atoms with Crippen LogP contribution in [0, 0.1) is 0 Å². The van der Waals surface area contributed by atoms with Crippen LogP contribution in [0.15, 0.2) is 41.1 Å². The molecular formula is C18H17ClN2O5. The van der Waals surface area contributed by atoms with Gasteiger partial charge in [0, 0.05) is 5.03 Å². The average molecular weight is 377 g/mol. The maximum atomic E-state index is 12.9. The van der Waals surface area contributed by atoms with E-state index in [2.05, 4.69) is 0 Å². The van der Waals surface area contributed by atoms with E-state index in [0.29, 0.717) is 17.9 Å². The summed E-state index contributed by atoms with van der Waals surface area (Å²) in [6.07, 6.45) is 0.508. The van der Waals surface area contributed by atoms with E-state index in [1.54, 1.807) is 0 Å². The molecule has 0 radical (unpaired) electrons. The number of benzene rings is 1. The Balaban J connectivity index is 1.64. The molecule has 7 nitrogen and oxygen atoms in total.